The molecule has 47 heavy (non-hydrogen) atoms. The van der Waals surface area contributed by atoms with E-state index in [0.29, 0.717) is 23.1 Å². The van der Waals surface area contributed by atoms with Crippen LogP contribution in [0, 0.1) is 0 Å². The Hall–Kier alpha value is -6.53. The van der Waals surface area contributed by atoms with Gasteiger partial charge in [-0.15, -0.1) is 0 Å². The number of nitrogens with zero attached hydrogens (tertiary/aromatic N) is 5. The lowest BCUT2D eigenvalue weighted by atomic mass is 9.94. The maximum atomic E-state index is 6.31. The van der Waals surface area contributed by atoms with E-state index >= 15 is 0 Å². The molecule has 6 nitrogen and oxygen atoms in total. The van der Waals surface area contributed by atoms with Gasteiger partial charge in [0.1, 0.15) is 17.4 Å². The molecule has 0 unspecified atom stereocenters. The largest absolute Gasteiger partial charge is 0.452 e. The first-order valence-electron chi connectivity index (χ1n) is 15.4. The molecular formula is C41H25N5O. The summed E-state index contributed by atoms with van der Waals surface area (Å²) in [5, 5.41) is 3.06. The minimum atomic E-state index is 0.610. The zero-order chi connectivity index (χ0) is 31.2. The Morgan fingerprint density at radius 2 is 1.02 bits per heavy atom. The van der Waals surface area contributed by atoms with Crippen LogP contribution in [-0.4, -0.2) is 24.9 Å². The Morgan fingerprint density at radius 3 is 1.83 bits per heavy atom. The Bertz CT molecular complexity index is 2580. The SMILES string of the molecule is c1ccc(-c2cccc(-c3nc(-c4ccccc4)nc(-c4ccc(-c5cccc6c5oc5cncnc56)c5ccccc45)n3)c2)cc1. The summed E-state index contributed by atoms with van der Waals surface area (Å²) in [6, 6.07) is 47.6. The maximum Gasteiger partial charge on any atom is 0.172 e. The lowest BCUT2D eigenvalue weighted by Crippen LogP contribution is -2.01. The number of furan rings is 1. The predicted molar refractivity (Wildman–Crippen MR) is 187 cm³/mol. The van der Waals surface area contributed by atoms with Crippen LogP contribution in [0.1, 0.15) is 0 Å². The standard InChI is InChI=1S/C41H25N5O/c1-3-11-26(12-4-1)28-15-9-16-29(23-28)40-44-39(27-13-5-2-6-14-27)45-41(46-40)34-22-21-32(30-17-7-8-18-31(30)34)33-19-10-20-35-37-36(47-38(33)35)24-42-25-43-37/h1-25H. The Kier molecular flexibility index (Phi) is 6.35. The number of fused-ring (bicyclic) bond motifs is 4. The van der Waals surface area contributed by atoms with Crippen molar-refractivity contribution in [3.63, 3.8) is 0 Å². The maximum absolute atomic E-state index is 6.31. The minimum absolute atomic E-state index is 0.610. The van der Waals surface area contributed by atoms with Crippen molar-refractivity contribution < 1.29 is 4.42 Å². The van der Waals surface area contributed by atoms with Gasteiger partial charge < -0.3 is 4.42 Å². The number of benzene rings is 6. The number of aromatic nitrogens is 5. The molecule has 9 rings (SSSR count). The van der Waals surface area contributed by atoms with Crippen molar-refractivity contribution in [2.75, 3.05) is 0 Å². The average Bonchev–Trinajstić information content (AvgIpc) is 3.54. The highest BCUT2D eigenvalue weighted by Crippen LogP contribution is 2.40. The van der Waals surface area contributed by atoms with E-state index in [2.05, 4.69) is 88.8 Å². The van der Waals surface area contributed by atoms with Crippen LogP contribution >= 0.6 is 0 Å². The van der Waals surface area contributed by atoms with Crippen LogP contribution in [0.2, 0.25) is 0 Å². The fourth-order valence-corrected chi connectivity index (χ4v) is 6.29. The van der Waals surface area contributed by atoms with Gasteiger partial charge in [0.15, 0.2) is 23.1 Å². The zero-order valence-electron chi connectivity index (χ0n) is 25.1. The Morgan fingerprint density at radius 1 is 0.426 bits per heavy atom. The smallest absolute Gasteiger partial charge is 0.172 e. The molecule has 0 saturated heterocycles. The van der Waals surface area contributed by atoms with Crippen LogP contribution in [0.25, 0.3) is 89.3 Å². The summed E-state index contributed by atoms with van der Waals surface area (Å²) in [5.41, 5.74) is 9.31. The molecule has 3 aromatic heterocycles. The van der Waals surface area contributed by atoms with Crippen LogP contribution < -0.4 is 0 Å². The van der Waals surface area contributed by atoms with Crippen molar-refractivity contribution in [2.45, 2.75) is 0 Å². The molecule has 0 N–H and O–H groups in total. The van der Waals surface area contributed by atoms with Gasteiger partial charge in [0.25, 0.3) is 0 Å². The van der Waals surface area contributed by atoms with Gasteiger partial charge in [-0.2, -0.15) is 0 Å². The summed E-state index contributed by atoms with van der Waals surface area (Å²) in [7, 11) is 0. The van der Waals surface area contributed by atoms with Gasteiger partial charge in [-0.3, -0.25) is 0 Å². The minimum Gasteiger partial charge on any atom is -0.452 e. The van der Waals surface area contributed by atoms with Crippen LogP contribution in [0.3, 0.4) is 0 Å². The van der Waals surface area contributed by atoms with Crippen LogP contribution in [0.4, 0.5) is 0 Å². The van der Waals surface area contributed by atoms with Gasteiger partial charge in [0.05, 0.1) is 6.20 Å². The molecule has 0 saturated carbocycles. The Balaban J connectivity index is 1.24. The second-order valence-corrected chi connectivity index (χ2v) is 11.3. The van der Waals surface area contributed by atoms with Crippen molar-refractivity contribution >= 4 is 32.8 Å². The molecule has 220 valence electrons. The van der Waals surface area contributed by atoms with E-state index in [4.69, 9.17) is 19.4 Å². The van der Waals surface area contributed by atoms with Crippen molar-refractivity contribution in [3.8, 4) is 56.4 Å². The summed E-state index contributed by atoms with van der Waals surface area (Å²) in [6.07, 6.45) is 3.27. The lowest BCUT2D eigenvalue weighted by Gasteiger charge is -2.13. The highest BCUT2D eigenvalue weighted by atomic mass is 16.3. The molecule has 0 fully saturated rings. The second kappa shape index (κ2) is 11.1. The third kappa shape index (κ3) is 4.71. The number of hydrogen-bond donors (Lipinski definition) is 0. The molecular weight excluding hydrogens is 578 g/mol. The fourth-order valence-electron chi connectivity index (χ4n) is 6.29. The van der Waals surface area contributed by atoms with E-state index in [9.17, 15) is 0 Å². The highest BCUT2D eigenvalue weighted by molar-refractivity contribution is 6.12. The van der Waals surface area contributed by atoms with E-state index in [-0.39, 0.29) is 0 Å². The molecule has 0 atom stereocenters. The highest BCUT2D eigenvalue weighted by Gasteiger charge is 2.19. The van der Waals surface area contributed by atoms with Crippen LogP contribution in [0.15, 0.2) is 156 Å². The molecule has 0 radical (unpaired) electrons. The first-order valence-corrected chi connectivity index (χ1v) is 15.4. The van der Waals surface area contributed by atoms with E-state index in [1.807, 2.05) is 60.7 Å². The average molecular weight is 604 g/mol. The monoisotopic (exact) mass is 603 g/mol. The summed E-state index contributed by atoms with van der Waals surface area (Å²) >= 11 is 0. The van der Waals surface area contributed by atoms with Gasteiger partial charge in [-0.25, -0.2) is 24.9 Å². The third-order valence-electron chi connectivity index (χ3n) is 8.51. The quantitative estimate of drug-likeness (QED) is 0.195. The molecule has 0 aliphatic heterocycles. The molecule has 6 aromatic carbocycles. The lowest BCUT2D eigenvalue weighted by molar-refractivity contribution is 0.667. The van der Waals surface area contributed by atoms with E-state index in [1.54, 1.807) is 12.5 Å². The Labute approximate surface area is 270 Å². The second-order valence-electron chi connectivity index (χ2n) is 11.3. The third-order valence-corrected chi connectivity index (χ3v) is 8.51. The normalized spacial score (nSPS) is 11.4. The van der Waals surface area contributed by atoms with Crippen LogP contribution in [0.5, 0.6) is 0 Å². The van der Waals surface area contributed by atoms with Gasteiger partial charge >= 0.3 is 0 Å². The van der Waals surface area contributed by atoms with Crippen molar-refractivity contribution in [3.05, 3.63) is 152 Å². The summed E-state index contributed by atoms with van der Waals surface area (Å²) in [4.78, 5) is 23.8. The van der Waals surface area contributed by atoms with E-state index in [1.165, 1.54) is 0 Å². The number of para-hydroxylation sites is 1. The molecule has 0 aliphatic rings. The summed E-state index contributed by atoms with van der Waals surface area (Å²) in [5.74, 6) is 1.85. The topological polar surface area (TPSA) is 77.6 Å². The number of hydrogen-bond acceptors (Lipinski definition) is 6. The molecule has 6 heteroatoms. The van der Waals surface area contributed by atoms with Gasteiger partial charge in [0.2, 0.25) is 0 Å². The van der Waals surface area contributed by atoms with E-state index in [0.717, 1.165) is 66.2 Å². The predicted octanol–water partition coefficient (Wildman–Crippen LogP) is 10.0. The fraction of sp³-hybridized carbons (Fsp3) is 0. The van der Waals surface area contributed by atoms with Crippen molar-refractivity contribution in [1.82, 2.24) is 24.9 Å². The molecule has 0 aliphatic carbocycles. The first-order chi connectivity index (χ1) is 23.3. The molecule has 0 bridgehead atoms. The van der Waals surface area contributed by atoms with Crippen LogP contribution in [-0.2, 0) is 0 Å². The van der Waals surface area contributed by atoms with Gasteiger partial charge in [0, 0.05) is 27.6 Å². The molecule has 0 spiro atoms. The number of rotatable bonds is 5. The van der Waals surface area contributed by atoms with Crippen molar-refractivity contribution in [2.24, 2.45) is 0 Å². The molecule has 9 aromatic rings. The summed E-state index contributed by atoms with van der Waals surface area (Å²) in [6.45, 7) is 0. The zero-order valence-corrected chi connectivity index (χ0v) is 25.1. The molecule has 0 amide bonds. The van der Waals surface area contributed by atoms with Crippen molar-refractivity contribution in [1.29, 1.82) is 0 Å². The summed E-state index contributed by atoms with van der Waals surface area (Å²) < 4.78 is 6.31. The first kappa shape index (κ1) is 26.8. The molecule has 3 heterocycles. The van der Waals surface area contributed by atoms with Gasteiger partial charge in [-0.1, -0.05) is 121 Å². The van der Waals surface area contributed by atoms with E-state index < -0.39 is 0 Å². The van der Waals surface area contributed by atoms with Gasteiger partial charge in [-0.05, 0) is 45.7 Å².